The highest BCUT2D eigenvalue weighted by atomic mass is 19.4. The van der Waals surface area contributed by atoms with Crippen LogP contribution in [0.3, 0.4) is 0 Å². The molecule has 0 radical (unpaired) electrons. The number of methoxy groups -OCH3 is 1. The van der Waals surface area contributed by atoms with E-state index in [1.54, 1.807) is 7.11 Å². The topological polar surface area (TPSA) is 50.4 Å². The van der Waals surface area contributed by atoms with Crippen molar-refractivity contribution in [3.63, 3.8) is 0 Å². The van der Waals surface area contributed by atoms with Gasteiger partial charge in [0.2, 0.25) is 5.91 Å². The normalized spacial score (nSPS) is 19.4. The van der Waals surface area contributed by atoms with Crippen molar-refractivity contribution in [1.29, 1.82) is 0 Å². The van der Waals surface area contributed by atoms with Gasteiger partial charge < -0.3 is 15.4 Å². The van der Waals surface area contributed by atoms with E-state index in [0.717, 1.165) is 29.0 Å². The number of hydrogen-bond donors (Lipinski definition) is 2. The van der Waals surface area contributed by atoms with Crippen molar-refractivity contribution in [2.24, 2.45) is 5.92 Å². The first-order valence-corrected chi connectivity index (χ1v) is 9.17. The second-order valence-electron chi connectivity index (χ2n) is 6.88. The second-order valence-corrected chi connectivity index (χ2v) is 6.88. The highest BCUT2D eigenvalue weighted by Crippen LogP contribution is 2.33. The molecule has 0 aromatic heterocycles. The molecular weight excluding hydrogens is 369 g/mol. The van der Waals surface area contributed by atoms with Crippen LogP contribution in [-0.4, -0.2) is 32.7 Å². The molecule has 0 spiro atoms. The lowest BCUT2D eigenvalue weighted by Crippen LogP contribution is -2.35. The molecule has 28 heavy (non-hydrogen) atoms. The number of rotatable bonds is 6. The fraction of sp³-hybridized carbons (Fsp3) is 0.381. The SMILES string of the molecule is COc1cccc(CCNC(=O)[C@@H]2CNC[C@H]2c2ccc(C(F)(F)F)cc2)c1. The predicted octanol–water partition coefficient (Wildman–Crippen LogP) is 3.38. The molecule has 1 saturated heterocycles. The van der Waals surface area contributed by atoms with Crippen molar-refractivity contribution in [2.45, 2.75) is 18.5 Å². The van der Waals surface area contributed by atoms with Gasteiger partial charge >= 0.3 is 6.18 Å². The molecule has 2 aromatic rings. The summed E-state index contributed by atoms with van der Waals surface area (Å²) in [7, 11) is 1.61. The lowest BCUT2D eigenvalue weighted by atomic mass is 9.88. The standard InChI is InChI=1S/C21H23F3N2O2/c1-28-17-4-2-3-14(11-17)9-10-26-20(27)19-13-25-12-18(19)15-5-7-16(8-6-15)21(22,23)24/h2-8,11,18-19,25H,9-10,12-13H2,1H3,(H,26,27)/t18-,19+/m0/s1. The Bertz CT molecular complexity index is 806. The lowest BCUT2D eigenvalue weighted by molar-refractivity contribution is -0.137. The number of ether oxygens (including phenoxy) is 1. The number of carbonyl (C=O) groups is 1. The minimum Gasteiger partial charge on any atom is -0.497 e. The lowest BCUT2D eigenvalue weighted by Gasteiger charge is -2.19. The van der Waals surface area contributed by atoms with Gasteiger partial charge in [0.25, 0.3) is 0 Å². The smallest absolute Gasteiger partial charge is 0.416 e. The molecule has 1 aliphatic heterocycles. The van der Waals surface area contributed by atoms with Crippen molar-refractivity contribution in [3.05, 3.63) is 65.2 Å². The maximum atomic E-state index is 12.7. The van der Waals surface area contributed by atoms with Gasteiger partial charge in [-0.3, -0.25) is 4.79 Å². The Labute approximate surface area is 162 Å². The summed E-state index contributed by atoms with van der Waals surface area (Å²) in [5.74, 6) is 0.241. The zero-order valence-electron chi connectivity index (χ0n) is 15.6. The van der Waals surface area contributed by atoms with Crippen LogP contribution in [-0.2, 0) is 17.4 Å². The molecule has 0 unspecified atom stereocenters. The van der Waals surface area contributed by atoms with Gasteiger partial charge in [0.1, 0.15) is 5.75 Å². The van der Waals surface area contributed by atoms with Gasteiger partial charge in [-0.15, -0.1) is 0 Å². The van der Waals surface area contributed by atoms with E-state index in [4.69, 9.17) is 4.74 Å². The van der Waals surface area contributed by atoms with Gasteiger partial charge in [0.15, 0.2) is 0 Å². The van der Waals surface area contributed by atoms with Crippen molar-refractivity contribution >= 4 is 5.91 Å². The first-order chi connectivity index (χ1) is 13.4. The molecule has 4 nitrogen and oxygen atoms in total. The Balaban J connectivity index is 1.58. The number of hydrogen-bond acceptors (Lipinski definition) is 3. The monoisotopic (exact) mass is 392 g/mol. The van der Waals surface area contributed by atoms with Crippen LogP contribution in [0.15, 0.2) is 48.5 Å². The Morgan fingerprint density at radius 1 is 1.18 bits per heavy atom. The van der Waals surface area contributed by atoms with Crippen molar-refractivity contribution in [1.82, 2.24) is 10.6 Å². The largest absolute Gasteiger partial charge is 0.497 e. The number of alkyl halides is 3. The molecule has 1 heterocycles. The van der Waals surface area contributed by atoms with Crippen LogP contribution < -0.4 is 15.4 Å². The number of carbonyl (C=O) groups excluding carboxylic acids is 1. The average molecular weight is 392 g/mol. The average Bonchev–Trinajstić information content (AvgIpc) is 3.17. The maximum absolute atomic E-state index is 12.7. The molecule has 7 heteroatoms. The summed E-state index contributed by atoms with van der Waals surface area (Å²) in [6, 6.07) is 12.7. The summed E-state index contributed by atoms with van der Waals surface area (Å²) in [5, 5.41) is 6.12. The van der Waals surface area contributed by atoms with Gasteiger partial charge in [-0.25, -0.2) is 0 Å². The fourth-order valence-corrected chi connectivity index (χ4v) is 3.51. The molecule has 0 saturated carbocycles. The first-order valence-electron chi connectivity index (χ1n) is 9.17. The highest BCUT2D eigenvalue weighted by molar-refractivity contribution is 5.80. The molecule has 150 valence electrons. The van der Waals surface area contributed by atoms with Gasteiger partial charge in [-0.1, -0.05) is 24.3 Å². The quantitative estimate of drug-likeness (QED) is 0.793. The third-order valence-corrected chi connectivity index (χ3v) is 5.06. The number of amides is 1. The molecule has 2 N–H and O–H groups in total. The van der Waals surface area contributed by atoms with Crippen molar-refractivity contribution < 1.29 is 22.7 Å². The minimum absolute atomic E-state index is 0.0854. The van der Waals surface area contributed by atoms with Crippen molar-refractivity contribution in [3.8, 4) is 5.75 Å². The maximum Gasteiger partial charge on any atom is 0.416 e. The summed E-state index contributed by atoms with van der Waals surface area (Å²) < 4.78 is 43.4. The predicted molar refractivity (Wildman–Crippen MR) is 100 cm³/mol. The zero-order chi connectivity index (χ0) is 20.1. The van der Waals surface area contributed by atoms with Gasteiger partial charge in [-0.2, -0.15) is 13.2 Å². The summed E-state index contributed by atoms with van der Waals surface area (Å²) in [5.41, 5.74) is 1.12. The molecule has 1 aliphatic rings. The van der Waals surface area contributed by atoms with Crippen LogP contribution in [0, 0.1) is 5.92 Å². The molecule has 0 aliphatic carbocycles. The second kappa shape index (κ2) is 8.65. The summed E-state index contributed by atoms with van der Waals surface area (Å²) >= 11 is 0. The third-order valence-electron chi connectivity index (χ3n) is 5.06. The van der Waals surface area contributed by atoms with Crippen LogP contribution in [0.25, 0.3) is 0 Å². The molecule has 1 amide bonds. The van der Waals surface area contributed by atoms with E-state index < -0.39 is 11.7 Å². The Kier molecular flexibility index (Phi) is 6.24. The molecule has 1 fully saturated rings. The molecule has 0 bridgehead atoms. The van der Waals surface area contributed by atoms with E-state index in [9.17, 15) is 18.0 Å². The third kappa shape index (κ3) is 4.84. The fourth-order valence-electron chi connectivity index (χ4n) is 3.51. The van der Waals surface area contributed by atoms with Crippen LogP contribution in [0.2, 0.25) is 0 Å². The van der Waals surface area contributed by atoms with Gasteiger partial charge in [0, 0.05) is 25.6 Å². The van der Waals surface area contributed by atoms with Gasteiger partial charge in [0.05, 0.1) is 18.6 Å². The molecule has 2 atom stereocenters. The first kappa shape index (κ1) is 20.2. The molecular formula is C21H23F3N2O2. The Hall–Kier alpha value is -2.54. The van der Waals surface area contributed by atoms with Crippen molar-refractivity contribution in [2.75, 3.05) is 26.7 Å². The number of halogens is 3. The highest BCUT2D eigenvalue weighted by Gasteiger charge is 2.35. The zero-order valence-corrected chi connectivity index (χ0v) is 15.6. The number of benzene rings is 2. The van der Waals surface area contributed by atoms with E-state index in [1.807, 2.05) is 24.3 Å². The summed E-state index contributed by atoms with van der Waals surface area (Å²) in [6.45, 7) is 1.57. The Morgan fingerprint density at radius 2 is 1.93 bits per heavy atom. The number of nitrogens with one attached hydrogen (secondary N) is 2. The van der Waals surface area contributed by atoms with E-state index >= 15 is 0 Å². The minimum atomic E-state index is -4.36. The molecule has 3 rings (SSSR count). The van der Waals surface area contributed by atoms with E-state index in [2.05, 4.69) is 10.6 Å². The molecule has 2 aromatic carbocycles. The summed E-state index contributed by atoms with van der Waals surface area (Å²) in [4.78, 5) is 12.6. The van der Waals surface area contributed by atoms with E-state index in [0.29, 0.717) is 26.1 Å². The Morgan fingerprint density at radius 3 is 2.61 bits per heavy atom. The van der Waals surface area contributed by atoms with E-state index in [1.165, 1.54) is 12.1 Å². The van der Waals surface area contributed by atoms with Crippen LogP contribution in [0.4, 0.5) is 13.2 Å². The van der Waals surface area contributed by atoms with Gasteiger partial charge in [-0.05, 0) is 41.8 Å². The van der Waals surface area contributed by atoms with Crippen LogP contribution >= 0.6 is 0 Å². The van der Waals surface area contributed by atoms with Crippen LogP contribution in [0.1, 0.15) is 22.6 Å². The summed E-state index contributed by atoms with van der Waals surface area (Å²) in [6.07, 6.45) is -3.68. The van der Waals surface area contributed by atoms with E-state index in [-0.39, 0.29) is 17.7 Å². The van der Waals surface area contributed by atoms with Crippen LogP contribution in [0.5, 0.6) is 5.75 Å².